The van der Waals surface area contributed by atoms with Crippen molar-refractivity contribution in [2.45, 2.75) is 52.8 Å². The minimum Gasteiger partial charge on any atom is -0.480 e. The van der Waals surface area contributed by atoms with Gasteiger partial charge in [-0.25, -0.2) is 20.0 Å². The first-order valence-corrected chi connectivity index (χ1v) is 10.6. The maximum Gasteiger partial charge on any atom is 0.365 e. The number of imidazole rings is 1. The highest BCUT2D eigenvalue weighted by molar-refractivity contribution is 7.56. The van der Waals surface area contributed by atoms with Crippen LogP contribution in [0.25, 0.3) is 11.2 Å². The number of oxime groups is 1. The molecular formula is C16H26N7O5P. The average molecular weight is 427 g/mol. The van der Waals surface area contributed by atoms with Gasteiger partial charge in [0.25, 0.3) is 0 Å². The molecule has 0 aliphatic carbocycles. The number of nitrogens with zero attached hydrogens (tertiary/aromatic N) is 5. The number of nitrogens with one attached hydrogen (secondary N) is 1. The molecular weight excluding hydrogens is 401 g/mol. The third-order valence-corrected chi connectivity index (χ3v) is 5.49. The van der Waals surface area contributed by atoms with Crippen LogP contribution in [0.2, 0.25) is 0 Å². The predicted octanol–water partition coefficient (Wildman–Crippen LogP) is 1.83. The van der Waals surface area contributed by atoms with E-state index in [2.05, 4.69) is 25.2 Å². The van der Waals surface area contributed by atoms with Crippen molar-refractivity contribution in [3.05, 3.63) is 12.7 Å². The van der Waals surface area contributed by atoms with Crippen molar-refractivity contribution in [2.24, 2.45) is 5.16 Å². The van der Waals surface area contributed by atoms with E-state index in [9.17, 15) is 14.5 Å². The van der Waals surface area contributed by atoms with Crippen molar-refractivity contribution in [3.8, 4) is 0 Å². The number of carboxylic acids is 1. The Morgan fingerprint density at radius 2 is 2.10 bits per heavy atom. The van der Waals surface area contributed by atoms with Gasteiger partial charge in [-0.05, 0) is 34.6 Å². The summed E-state index contributed by atoms with van der Waals surface area (Å²) in [5.41, 5.74) is 5.82. The molecule has 0 fully saturated rings. The maximum absolute atomic E-state index is 13.1. The normalized spacial score (nSPS) is 14.9. The molecule has 0 radical (unpaired) electrons. The summed E-state index contributed by atoms with van der Waals surface area (Å²) in [4.78, 5) is 23.6. The zero-order chi connectivity index (χ0) is 21.8. The van der Waals surface area contributed by atoms with E-state index < -0.39 is 25.1 Å². The summed E-state index contributed by atoms with van der Waals surface area (Å²) in [7, 11) is -3.76. The Morgan fingerprint density at radius 3 is 2.72 bits per heavy atom. The lowest BCUT2D eigenvalue weighted by Crippen LogP contribution is -2.45. The molecule has 29 heavy (non-hydrogen) atoms. The van der Waals surface area contributed by atoms with Crippen molar-refractivity contribution < 1.29 is 23.8 Å². The summed E-state index contributed by atoms with van der Waals surface area (Å²) in [6.07, 6.45) is 2.09. The van der Waals surface area contributed by atoms with Crippen molar-refractivity contribution in [3.63, 3.8) is 0 Å². The molecule has 160 valence electrons. The molecule has 0 amide bonds. The number of hydrogen-bond acceptors (Lipinski definition) is 9. The van der Waals surface area contributed by atoms with E-state index in [0.29, 0.717) is 23.4 Å². The summed E-state index contributed by atoms with van der Waals surface area (Å²) in [5.74, 6) is -0.915. The second-order valence-corrected chi connectivity index (χ2v) is 9.26. The monoisotopic (exact) mass is 427 g/mol. The van der Waals surface area contributed by atoms with Gasteiger partial charge < -0.3 is 24.8 Å². The lowest BCUT2D eigenvalue weighted by molar-refractivity contribution is -0.142. The zero-order valence-electron chi connectivity index (χ0n) is 17.0. The lowest BCUT2D eigenvalue weighted by atomic mass is 10.1. The molecule has 2 unspecified atom stereocenters. The van der Waals surface area contributed by atoms with Crippen molar-refractivity contribution in [2.75, 3.05) is 12.1 Å². The molecule has 0 saturated carbocycles. The molecule has 0 aromatic carbocycles. The smallest absolute Gasteiger partial charge is 0.365 e. The van der Waals surface area contributed by atoms with Crippen LogP contribution < -0.4 is 10.8 Å². The average Bonchev–Trinajstić information content (AvgIpc) is 3.02. The SMILES string of the molecule is CC(C)=NOP(=O)(COC(C)Cn1cnc2c(N)ncnc21)NC(C)(C)C(=O)O. The van der Waals surface area contributed by atoms with Gasteiger partial charge in [-0.1, -0.05) is 5.16 Å². The molecule has 2 rings (SSSR count). The molecule has 0 aliphatic rings. The Morgan fingerprint density at radius 1 is 1.41 bits per heavy atom. The topological polar surface area (TPSA) is 167 Å². The van der Waals surface area contributed by atoms with Gasteiger partial charge in [-0.15, -0.1) is 0 Å². The minimum absolute atomic E-state index is 0.271. The van der Waals surface area contributed by atoms with Crippen LogP contribution >= 0.6 is 7.52 Å². The molecule has 0 aliphatic heterocycles. The number of aromatic nitrogens is 4. The molecule has 12 nitrogen and oxygen atoms in total. The van der Waals surface area contributed by atoms with Gasteiger partial charge in [0.2, 0.25) is 0 Å². The number of carboxylic acid groups (broad SMARTS) is 1. The number of rotatable bonds is 10. The Labute approximate surface area is 168 Å². The Balaban J connectivity index is 2.10. The number of hydrogen-bond donors (Lipinski definition) is 3. The summed E-state index contributed by atoms with van der Waals surface area (Å²) in [6.45, 7) is 8.17. The number of ether oxygens (including phenoxy) is 1. The molecule has 0 spiro atoms. The van der Waals surface area contributed by atoms with Crippen LogP contribution in [-0.2, 0) is 25.3 Å². The maximum atomic E-state index is 13.1. The first-order valence-electron chi connectivity index (χ1n) is 8.78. The van der Waals surface area contributed by atoms with E-state index in [1.54, 1.807) is 31.7 Å². The van der Waals surface area contributed by atoms with Gasteiger partial charge in [-0.3, -0.25) is 9.36 Å². The first-order chi connectivity index (χ1) is 13.4. The Bertz CT molecular complexity index is 954. The van der Waals surface area contributed by atoms with Crippen LogP contribution in [0.5, 0.6) is 0 Å². The fraction of sp³-hybridized carbons (Fsp3) is 0.562. The second kappa shape index (κ2) is 8.85. The van der Waals surface area contributed by atoms with Gasteiger partial charge in [0.1, 0.15) is 23.7 Å². The van der Waals surface area contributed by atoms with E-state index in [0.717, 1.165) is 0 Å². The standard InChI is InChI=1S/C16H26N7O5P/c1-10(2)21-28-29(26,22-16(4,5)15(24)25)9-27-11(3)6-23-8-20-12-13(17)18-7-19-14(12)23/h7-8,11H,6,9H2,1-5H3,(H,22,26)(H,24,25)(H2,17,18,19). The summed E-state index contributed by atoms with van der Waals surface area (Å²) >= 11 is 0. The van der Waals surface area contributed by atoms with Crippen LogP contribution in [0.15, 0.2) is 17.8 Å². The first kappa shape index (κ1) is 22.7. The van der Waals surface area contributed by atoms with E-state index in [1.807, 2.05) is 0 Å². The molecule has 2 heterocycles. The number of carbonyl (C=O) groups is 1. The van der Waals surface area contributed by atoms with E-state index >= 15 is 0 Å². The van der Waals surface area contributed by atoms with Crippen molar-refractivity contribution >= 4 is 36.2 Å². The third-order valence-electron chi connectivity index (χ3n) is 3.75. The molecule has 0 bridgehead atoms. The largest absolute Gasteiger partial charge is 0.480 e. The lowest BCUT2D eigenvalue weighted by Gasteiger charge is -2.27. The van der Waals surface area contributed by atoms with Crippen LogP contribution in [-0.4, -0.2) is 54.3 Å². The van der Waals surface area contributed by atoms with Crippen molar-refractivity contribution in [1.29, 1.82) is 0 Å². The van der Waals surface area contributed by atoms with Gasteiger partial charge >= 0.3 is 13.5 Å². The second-order valence-electron chi connectivity index (χ2n) is 7.27. The minimum atomic E-state index is -3.76. The van der Waals surface area contributed by atoms with E-state index in [1.165, 1.54) is 20.2 Å². The highest BCUT2D eigenvalue weighted by Crippen LogP contribution is 2.45. The van der Waals surface area contributed by atoms with Gasteiger partial charge in [0.15, 0.2) is 11.5 Å². The summed E-state index contributed by atoms with van der Waals surface area (Å²) in [5, 5.41) is 15.5. The number of fused-ring (bicyclic) bond motifs is 1. The number of nitrogens with two attached hydrogens (primary N) is 1. The molecule has 13 heteroatoms. The highest BCUT2D eigenvalue weighted by atomic mass is 31.2. The van der Waals surface area contributed by atoms with Crippen LogP contribution in [0.1, 0.15) is 34.6 Å². The predicted molar refractivity (Wildman–Crippen MR) is 107 cm³/mol. The van der Waals surface area contributed by atoms with Crippen molar-refractivity contribution in [1.82, 2.24) is 24.6 Å². The summed E-state index contributed by atoms with van der Waals surface area (Å²) < 4.78 is 25.7. The van der Waals surface area contributed by atoms with Gasteiger partial charge in [-0.2, -0.15) is 0 Å². The van der Waals surface area contributed by atoms with Crippen LogP contribution in [0, 0.1) is 0 Å². The number of nitrogen functional groups attached to an aromatic ring is 1. The zero-order valence-corrected chi connectivity index (χ0v) is 17.9. The molecule has 2 aromatic rings. The van der Waals surface area contributed by atoms with E-state index in [-0.39, 0.29) is 12.2 Å². The van der Waals surface area contributed by atoms with E-state index in [4.69, 9.17) is 15.1 Å². The van der Waals surface area contributed by atoms with Gasteiger partial charge in [0.05, 0.1) is 24.7 Å². The Hall–Kier alpha value is -2.56. The Kier molecular flexibility index (Phi) is 6.93. The molecule has 2 aromatic heterocycles. The third kappa shape index (κ3) is 5.96. The van der Waals surface area contributed by atoms with Crippen LogP contribution in [0.4, 0.5) is 5.82 Å². The number of anilines is 1. The molecule has 2 atom stereocenters. The molecule has 4 N–H and O–H groups in total. The fourth-order valence-electron chi connectivity index (χ4n) is 2.28. The number of aliphatic carboxylic acids is 1. The quantitative estimate of drug-likeness (QED) is 0.289. The summed E-state index contributed by atoms with van der Waals surface area (Å²) in [6, 6.07) is 0. The molecule has 0 saturated heterocycles. The van der Waals surface area contributed by atoms with Crippen LogP contribution in [0.3, 0.4) is 0 Å². The fourth-order valence-corrected chi connectivity index (χ4v) is 4.13. The van der Waals surface area contributed by atoms with Gasteiger partial charge in [0, 0.05) is 0 Å². The highest BCUT2D eigenvalue weighted by Gasteiger charge is 2.38.